The lowest BCUT2D eigenvalue weighted by molar-refractivity contribution is 0.601. The average Bonchev–Trinajstić information content (AvgIpc) is 2.88. The fourth-order valence-corrected chi connectivity index (χ4v) is 5.43. The first-order valence-electron chi connectivity index (χ1n) is 7.09. The molecule has 0 fully saturated rings. The number of sulfonamides is 1. The number of nitrogens with zero attached hydrogens (tertiary/aromatic N) is 1. The van der Waals surface area contributed by atoms with Crippen LogP contribution >= 0.6 is 23.1 Å². The Hall–Kier alpha value is -1.57. The van der Waals surface area contributed by atoms with Crippen molar-refractivity contribution in [2.75, 3.05) is 4.72 Å². The van der Waals surface area contributed by atoms with Crippen LogP contribution in [-0.2, 0) is 10.0 Å². The predicted octanol–water partition coefficient (Wildman–Crippen LogP) is 4.60. The Labute approximate surface area is 144 Å². The normalized spacial score (nSPS) is 12.0. The van der Waals surface area contributed by atoms with Crippen molar-refractivity contribution in [2.45, 2.75) is 28.3 Å². The fraction of sp³-hybridized carbons (Fsp3) is 0.188. The lowest BCUT2D eigenvalue weighted by Gasteiger charge is -2.07. The van der Waals surface area contributed by atoms with Gasteiger partial charge in [0.25, 0.3) is 10.0 Å². The first-order chi connectivity index (χ1) is 10.9. The molecule has 2 aromatic carbocycles. The largest absolute Gasteiger partial charge is 0.280 e. The minimum atomic E-state index is -3.57. The van der Waals surface area contributed by atoms with Gasteiger partial charge in [-0.15, -0.1) is 11.3 Å². The van der Waals surface area contributed by atoms with Crippen molar-refractivity contribution in [3.8, 4) is 0 Å². The van der Waals surface area contributed by atoms with Crippen LogP contribution in [0.5, 0.6) is 0 Å². The Kier molecular flexibility index (Phi) is 4.61. The van der Waals surface area contributed by atoms with Gasteiger partial charge in [0.15, 0.2) is 4.34 Å². The number of aromatic nitrogens is 1. The van der Waals surface area contributed by atoms with Gasteiger partial charge in [0, 0.05) is 5.25 Å². The summed E-state index contributed by atoms with van der Waals surface area (Å²) in [6.07, 6.45) is 0. The second-order valence-corrected chi connectivity index (χ2v) is 9.78. The summed E-state index contributed by atoms with van der Waals surface area (Å²) in [5.41, 5.74) is 1.44. The first-order valence-corrected chi connectivity index (χ1v) is 10.3. The zero-order valence-corrected chi connectivity index (χ0v) is 15.1. The molecule has 4 nitrogen and oxygen atoms in total. The molecule has 0 aliphatic rings. The molecule has 23 heavy (non-hydrogen) atoms. The number of benzene rings is 2. The van der Waals surface area contributed by atoms with Crippen molar-refractivity contribution >= 4 is 49.0 Å². The molecule has 1 heterocycles. The molecule has 7 heteroatoms. The summed E-state index contributed by atoms with van der Waals surface area (Å²) < 4.78 is 29.3. The molecule has 3 aromatic rings. The van der Waals surface area contributed by atoms with E-state index >= 15 is 0 Å². The first kappa shape index (κ1) is 16.3. The van der Waals surface area contributed by atoms with E-state index in [2.05, 4.69) is 23.6 Å². The van der Waals surface area contributed by atoms with Crippen molar-refractivity contribution in [2.24, 2.45) is 0 Å². The highest BCUT2D eigenvalue weighted by molar-refractivity contribution is 8.01. The van der Waals surface area contributed by atoms with Crippen molar-refractivity contribution in [3.63, 3.8) is 0 Å². The number of rotatable bonds is 5. The maximum absolute atomic E-state index is 12.4. The van der Waals surface area contributed by atoms with Gasteiger partial charge >= 0.3 is 0 Å². The zero-order valence-electron chi connectivity index (χ0n) is 12.7. The molecule has 1 N–H and O–H groups in total. The van der Waals surface area contributed by atoms with Crippen LogP contribution in [0.3, 0.4) is 0 Å². The van der Waals surface area contributed by atoms with E-state index in [0.717, 1.165) is 14.6 Å². The topological polar surface area (TPSA) is 59.1 Å². The number of hydrogen-bond donors (Lipinski definition) is 1. The second kappa shape index (κ2) is 6.51. The van der Waals surface area contributed by atoms with Crippen molar-refractivity contribution in [1.29, 1.82) is 0 Å². The summed E-state index contributed by atoms with van der Waals surface area (Å²) >= 11 is 3.29. The third kappa shape index (κ3) is 3.85. The molecule has 0 unspecified atom stereocenters. The fourth-order valence-electron chi connectivity index (χ4n) is 2.03. The third-order valence-corrected chi connectivity index (χ3v) is 6.52. The molecule has 3 rings (SSSR count). The standard InChI is InChI=1S/C16H16N2O2S3/c1-11(2)21-16-17-14-9-8-12(10-15(14)22-16)18-23(19,20)13-6-4-3-5-7-13/h3-11,18H,1-2H3. The van der Waals surface area contributed by atoms with Gasteiger partial charge in [-0.25, -0.2) is 13.4 Å². The van der Waals surface area contributed by atoms with Crippen LogP contribution in [0, 0.1) is 0 Å². The van der Waals surface area contributed by atoms with Gasteiger partial charge in [-0.1, -0.05) is 43.8 Å². The highest BCUT2D eigenvalue weighted by Gasteiger charge is 2.14. The smallest absolute Gasteiger partial charge is 0.261 e. The minimum Gasteiger partial charge on any atom is -0.280 e. The third-order valence-electron chi connectivity index (χ3n) is 3.01. The maximum atomic E-state index is 12.4. The number of hydrogen-bond acceptors (Lipinski definition) is 5. The second-order valence-electron chi connectivity index (χ2n) is 5.25. The van der Waals surface area contributed by atoms with Crippen LogP contribution < -0.4 is 4.72 Å². The van der Waals surface area contributed by atoms with Crippen molar-refractivity contribution in [3.05, 3.63) is 48.5 Å². The molecular formula is C16H16N2O2S3. The van der Waals surface area contributed by atoms with Gasteiger partial charge in [0.1, 0.15) is 0 Å². The van der Waals surface area contributed by atoms with E-state index in [-0.39, 0.29) is 4.90 Å². The van der Waals surface area contributed by atoms with Crippen molar-refractivity contribution in [1.82, 2.24) is 4.98 Å². The summed E-state index contributed by atoms with van der Waals surface area (Å²) in [5.74, 6) is 0. The number of thiazole rings is 1. The number of fused-ring (bicyclic) bond motifs is 1. The summed E-state index contributed by atoms with van der Waals surface area (Å²) in [4.78, 5) is 4.80. The lowest BCUT2D eigenvalue weighted by Crippen LogP contribution is -2.12. The van der Waals surface area contributed by atoms with E-state index in [0.29, 0.717) is 10.9 Å². The number of thioether (sulfide) groups is 1. The van der Waals surface area contributed by atoms with Crippen LogP contribution in [0.15, 0.2) is 57.8 Å². The van der Waals surface area contributed by atoms with Gasteiger partial charge < -0.3 is 0 Å². The summed E-state index contributed by atoms with van der Waals surface area (Å²) in [7, 11) is -3.57. The van der Waals surface area contributed by atoms with E-state index in [4.69, 9.17) is 0 Å². The minimum absolute atomic E-state index is 0.250. The summed E-state index contributed by atoms with van der Waals surface area (Å²) in [5, 5.41) is 0.464. The number of anilines is 1. The molecule has 0 bridgehead atoms. The van der Waals surface area contributed by atoms with E-state index in [9.17, 15) is 8.42 Å². The Balaban J connectivity index is 1.89. The van der Waals surface area contributed by atoms with E-state index in [1.807, 2.05) is 12.1 Å². The Bertz CT molecular complexity index is 919. The molecule has 0 saturated carbocycles. The van der Waals surface area contributed by atoms with E-state index < -0.39 is 10.0 Å². The van der Waals surface area contributed by atoms with Crippen molar-refractivity contribution < 1.29 is 8.42 Å². The van der Waals surface area contributed by atoms with Crippen LogP contribution in [0.1, 0.15) is 13.8 Å². The molecule has 1 aromatic heterocycles. The highest BCUT2D eigenvalue weighted by Crippen LogP contribution is 2.33. The highest BCUT2D eigenvalue weighted by atomic mass is 32.2. The van der Waals surface area contributed by atoms with E-state index in [1.165, 1.54) is 0 Å². The van der Waals surface area contributed by atoms with Crippen LogP contribution in [0.2, 0.25) is 0 Å². The molecule has 0 saturated heterocycles. The Morgan fingerprint density at radius 2 is 1.87 bits per heavy atom. The van der Waals surface area contributed by atoms with Gasteiger partial charge in [-0.05, 0) is 30.3 Å². The summed E-state index contributed by atoms with van der Waals surface area (Å²) in [6.45, 7) is 4.24. The zero-order chi connectivity index (χ0) is 16.4. The molecular weight excluding hydrogens is 348 g/mol. The maximum Gasteiger partial charge on any atom is 0.261 e. The lowest BCUT2D eigenvalue weighted by atomic mass is 10.3. The molecule has 0 radical (unpaired) electrons. The van der Waals surface area contributed by atoms with Crippen LogP contribution in [0.4, 0.5) is 5.69 Å². The Morgan fingerprint density at radius 3 is 2.57 bits per heavy atom. The average molecular weight is 365 g/mol. The van der Waals surface area contributed by atoms with Gasteiger partial charge in [0.2, 0.25) is 0 Å². The molecule has 0 aliphatic carbocycles. The van der Waals surface area contributed by atoms with Gasteiger partial charge in [-0.2, -0.15) is 0 Å². The molecule has 0 amide bonds. The number of nitrogens with one attached hydrogen (secondary N) is 1. The van der Waals surface area contributed by atoms with E-state index in [1.54, 1.807) is 59.5 Å². The summed E-state index contributed by atoms with van der Waals surface area (Å²) in [6, 6.07) is 13.8. The monoisotopic (exact) mass is 364 g/mol. The Morgan fingerprint density at radius 1 is 1.13 bits per heavy atom. The molecule has 0 atom stereocenters. The van der Waals surface area contributed by atoms with Gasteiger partial charge in [0.05, 0.1) is 20.8 Å². The van der Waals surface area contributed by atoms with Gasteiger partial charge in [-0.3, -0.25) is 4.72 Å². The van der Waals surface area contributed by atoms with Crippen LogP contribution in [-0.4, -0.2) is 18.7 Å². The van der Waals surface area contributed by atoms with Crippen LogP contribution in [0.25, 0.3) is 10.2 Å². The SMILES string of the molecule is CC(C)Sc1nc2ccc(NS(=O)(=O)c3ccccc3)cc2s1. The predicted molar refractivity (Wildman–Crippen MR) is 97.9 cm³/mol. The molecule has 0 spiro atoms. The molecule has 0 aliphatic heterocycles. The molecule has 120 valence electrons. The quantitative estimate of drug-likeness (QED) is 0.672.